The molecule has 1 saturated heterocycles. The van der Waals surface area contributed by atoms with Crippen molar-refractivity contribution in [3.05, 3.63) is 0 Å². The van der Waals surface area contributed by atoms with E-state index in [0.29, 0.717) is 6.04 Å². The van der Waals surface area contributed by atoms with Gasteiger partial charge in [-0.3, -0.25) is 9.89 Å². The second kappa shape index (κ2) is 9.15. The van der Waals surface area contributed by atoms with Gasteiger partial charge in [0, 0.05) is 31.2 Å². The first-order chi connectivity index (χ1) is 9.62. The molecule has 5 nitrogen and oxygen atoms in total. The molecule has 0 unspecified atom stereocenters. The van der Waals surface area contributed by atoms with Gasteiger partial charge in [0.2, 0.25) is 0 Å². The number of morpholine rings is 1. The molecule has 0 atom stereocenters. The van der Waals surface area contributed by atoms with Crippen molar-refractivity contribution in [2.45, 2.75) is 51.6 Å². The van der Waals surface area contributed by atoms with Gasteiger partial charge in [0.25, 0.3) is 0 Å². The van der Waals surface area contributed by atoms with E-state index in [1.54, 1.807) is 0 Å². The molecule has 1 aliphatic heterocycles. The molecule has 0 amide bonds. The summed E-state index contributed by atoms with van der Waals surface area (Å²) in [6.45, 7) is 12.1. The van der Waals surface area contributed by atoms with Crippen molar-refractivity contribution in [3.8, 4) is 0 Å². The lowest BCUT2D eigenvalue weighted by Crippen LogP contribution is -2.52. The van der Waals surface area contributed by atoms with Crippen LogP contribution >= 0.6 is 24.0 Å². The lowest BCUT2D eigenvalue weighted by molar-refractivity contribution is -0.00684. The average Bonchev–Trinajstić information content (AvgIpc) is 2.41. The smallest absolute Gasteiger partial charge is 0.191 e. The van der Waals surface area contributed by atoms with Crippen molar-refractivity contribution < 1.29 is 4.74 Å². The van der Waals surface area contributed by atoms with E-state index in [0.717, 1.165) is 45.4 Å². The molecule has 124 valence electrons. The van der Waals surface area contributed by atoms with E-state index < -0.39 is 0 Å². The van der Waals surface area contributed by atoms with Crippen LogP contribution in [0, 0.1) is 0 Å². The van der Waals surface area contributed by atoms with E-state index in [9.17, 15) is 0 Å². The molecule has 2 fully saturated rings. The summed E-state index contributed by atoms with van der Waals surface area (Å²) in [7, 11) is 0. The summed E-state index contributed by atoms with van der Waals surface area (Å²) in [5, 5.41) is 6.88. The molecule has 21 heavy (non-hydrogen) atoms. The molecule has 0 radical (unpaired) electrons. The summed E-state index contributed by atoms with van der Waals surface area (Å²) < 4.78 is 5.43. The largest absolute Gasteiger partial charge is 0.379 e. The summed E-state index contributed by atoms with van der Waals surface area (Å²) in [5.74, 6) is 0.971. The lowest BCUT2D eigenvalue weighted by Gasteiger charge is -2.40. The molecule has 0 bridgehead atoms. The highest BCUT2D eigenvalue weighted by Crippen LogP contribution is 2.19. The molecule has 0 spiro atoms. The fourth-order valence-electron chi connectivity index (χ4n) is 2.61. The third-order valence-corrected chi connectivity index (χ3v) is 4.28. The van der Waals surface area contributed by atoms with Gasteiger partial charge in [-0.1, -0.05) is 0 Å². The van der Waals surface area contributed by atoms with Gasteiger partial charge in [-0.15, -0.1) is 24.0 Å². The highest BCUT2D eigenvalue weighted by molar-refractivity contribution is 14.0. The van der Waals surface area contributed by atoms with Crippen LogP contribution < -0.4 is 10.6 Å². The zero-order valence-electron chi connectivity index (χ0n) is 13.7. The van der Waals surface area contributed by atoms with E-state index in [1.807, 2.05) is 0 Å². The van der Waals surface area contributed by atoms with Crippen LogP contribution in [0.15, 0.2) is 4.99 Å². The lowest BCUT2D eigenvalue weighted by atomic mass is 9.93. The molecule has 2 rings (SSSR count). The van der Waals surface area contributed by atoms with Gasteiger partial charge in [0.15, 0.2) is 5.96 Å². The van der Waals surface area contributed by atoms with E-state index in [4.69, 9.17) is 9.73 Å². The van der Waals surface area contributed by atoms with Gasteiger partial charge < -0.3 is 15.4 Å². The maximum atomic E-state index is 5.43. The second-order valence-electron chi connectivity index (χ2n) is 6.38. The molecule has 0 aromatic carbocycles. The molecule has 6 heteroatoms. The van der Waals surface area contributed by atoms with Gasteiger partial charge in [-0.05, 0) is 40.0 Å². The quantitative estimate of drug-likeness (QED) is 0.413. The number of aliphatic imine (C=N–C) groups is 1. The Balaban J connectivity index is 0.00000220. The van der Waals surface area contributed by atoms with Crippen molar-refractivity contribution in [3.63, 3.8) is 0 Å². The normalized spacial score (nSPS) is 21.4. The Morgan fingerprint density at radius 1 is 1.29 bits per heavy atom. The third kappa shape index (κ3) is 5.90. The van der Waals surface area contributed by atoms with Crippen LogP contribution in [0.3, 0.4) is 0 Å². The molecule has 1 heterocycles. The number of guanidine groups is 1. The Morgan fingerprint density at radius 3 is 2.48 bits per heavy atom. The maximum Gasteiger partial charge on any atom is 0.191 e. The standard InChI is InChI=1S/C15H30N4O.HI/c1-4-16-14(18-13-6-5-7-13)17-12-15(2,3)19-8-10-20-11-9-19;/h13H,4-12H2,1-3H3,(H2,16,17,18);1H. The van der Waals surface area contributed by atoms with Gasteiger partial charge in [0.1, 0.15) is 0 Å². The molecule has 1 aliphatic carbocycles. The van der Waals surface area contributed by atoms with Crippen LogP contribution in [0.25, 0.3) is 0 Å². The minimum atomic E-state index is 0. The molecule has 2 N–H and O–H groups in total. The third-order valence-electron chi connectivity index (χ3n) is 4.28. The Bertz CT molecular complexity index is 326. The monoisotopic (exact) mass is 410 g/mol. The molecular formula is C15H31IN4O. The SMILES string of the molecule is CCNC(=NCC(C)(C)N1CCOCC1)NC1CCC1.I. The number of nitrogens with zero attached hydrogens (tertiary/aromatic N) is 2. The predicted octanol–water partition coefficient (Wildman–Crippen LogP) is 1.82. The van der Waals surface area contributed by atoms with Gasteiger partial charge in [-0.25, -0.2) is 0 Å². The van der Waals surface area contributed by atoms with Crippen molar-refractivity contribution >= 4 is 29.9 Å². The molecule has 0 aromatic heterocycles. The maximum absolute atomic E-state index is 5.43. The van der Waals surface area contributed by atoms with Gasteiger partial charge >= 0.3 is 0 Å². The average molecular weight is 410 g/mol. The fraction of sp³-hybridized carbons (Fsp3) is 0.933. The summed E-state index contributed by atoms with van der Waals surface area (Å²) in [6.07, 6.45) is 3.89. The molecular weight excluding hydrogens is 379 g/mol. The first kappa shape index (κ1) is 19.0. The number of rotatable bonds is 5. The van der Waals surface area contributed by atoms with Crippen molar-refractivity contribution in [1.29, 1.82) is 0 Å². The summed E-state index contributed by atoms with van der Waals surface area (Å²) in [6, 6.07) is 0.624. The number of halogens is 1. The minimum Gasteiger partial charge on any atom is -0.379 e. The van der Waals surface area contributed by atoms with Crippen LogP contribution in [0.1, 0.15) is 40.0 Å². The minimum absolute atomic E-state index is 0. The summed E-state index contributed by atoms with van der Waals surface area (Å²) in [4.78, 5) is 7.27. The number of ether oxygens (including phenoxy) is 1. The number of hydrogen-bond acceptors (Lipinski definition) is 3. The number of nitrogens with one attached hydrogen (secondary N) is 2. The van der Waals surface area contributed by atoms with Crippen LogP contribution in [0.5, 0.6) is 0 Å². The van der Waals surface area contributed by atoms with E-state index in [-0.39, 0.29) is 29.5 Å². The van der Waals surface area contributed by atoms with Crippen molar-refractivity contribution in [2.75, 3.05) is 39.4 Å². The molecule has 0 aromatic rings. The van der Waals surface area contributed by atoms with E-state index in [1.165, 1.54) is 19.3 Å². The Morgan fingerprint density at radius 2 is 1.95 bits per heavy atom. The van der Waals surface area contributed by atoms with E-state index >= 15 is 0 Å². The molecule has 1 saturated carbocycles. The zero-order chi connectivity index (χ0) is 14.4. The highest BCUT2D eigenvalue weighted by atomic mass is 127. The Hall–Kier alpha value is -0.0800. The fourth-order valence-corrected chi connectivity index (χ4v) is 2.61. The summed E-state index contributed by atoms with van der Waals surface area (Å²) in [5.41, 5.74) is 0.0890. The van der Waals surface area contributed by atoms with Crippen LogP contribution in [-0.4, -0.2) is 61.8 Å². The Kier molecular flexibility index (Phi) is 8.26. The zero-order valence-corrected chi connectivity index (χ0v) is 16.0. The van der Waals surface area contributed by atoms with Crippen LogP contribution in [0.4, 0.5) is 0 Å². The first-order valence-electron chi connectivity index (χ1n) is 7.99. The van der Waals surface area contributed by atoms with Crippen LogP contribution in [0.2, 0.25) is 0 Å². The predicted molar refractivity (Wildman–Crippen MR) is 98.6 cm³/mol. The van der Waals surface area contributed by atoms with Crippen LogP contribution in [-0.2, 0) is 4.74 Å². The number of hydrogen-bond donors (Lipinski definition) is 2. The van der Waals surface area contributed by atoms with Gasteiger partial charge in [0.05, 0.1) is 19.8 Å². The first-order valence-corrected chi connectivity index (χ1v) is 7.99. The highest BCUT2D eigenvalue weighted by Gasteiger charge is 2.28. The second-order valence-corrected chi connectivity index (χ2v) is 6.38. The molecule has 2 aliphatic rings. The van der Waals surface area contributed by atoms with Crippen molar-refractivity contribution in [1.82, 2.24) is 15.5 Å². The summed E-state index contributed by atoms with van der Waals surface area (Å²) >= 11 is 0. The Labute approximate surface area is 146 Å². The van der Waals surface area contributed by atoms with Crippen molar-refractivity contribution in [2.24, 2.45) is 4.99 Å². The van der Waals surface area contributed by atoms with Gasteiger partial charge in [-0.2, -0.15) is 0 Å². The van der Waals surface area contributed by atoms with E-state index in [2.05, 4.69) is 36.3 Å². The topological polar surface area (TPSA) is 48.9 Å².